The van der Waals surface area contributed by atoms with Crippen molar-refractivity contribution in [1.82, 2.24) is 0 Å². The molecule has 0 aliphatic heterocycles. The Balaban J connectivity index is 2.00. The molecular formula is C25H24F3NO7S. The zero-order chi connectivity index (χ0) is 27.4. The molecule has 37 heavy (non-hydrogen) atoms. The lowest BCUT2D eigenvalue weighted by atomic mass is 10.1. The van der Waals surface area contributed by atoms with Gasteiger partial charge in [-0.25, -0.2) is 8.42 Å². The van der Waals surface area contributed by atoms with Crippen LogP contribution in [-0.2, 0) is 16.2 Å². The highest BCUT2D eigenvalue weighted by molar-refractivity contribution is 7.92. The fourth-order valence-corrected chi connectivity index (χ4v) is 4.49. The van der Waals surface area contributed by atoms with Crippen LogP contribution in [0.3, 0.4) is 0 Å². The van der Waals surface area contributed by atoms with E-state index >= 15 is 0 Å². The molecule has 0 saturated heterocycles. The molecule has 0 bridgehead atoms. The van der Waals surface area contributed by atoms with Crippen LogP contribution in [0.5, 0.6) is 28.7 Å². The average Bonchev–Trinajstić information content (AvgIpc) is 2.87. The standard InChI is InChI=1S/C25H24F3NO7S/c1-33-20-11-15(8-9-16-12-21(34-2)24(36-4)22(13-16)35-3)10-19(23(20)30)29-37(31,32)18-7-5-6-17(14-18)25(26,27)28/h5-14,29-30H,1-4H3. The fourth-order valence-electron chi connectivity index (χ4n) is 3.39. The highest BCUT2D eigenvalue weighted by Gasteiger charge is 2.32. The first-order valence-electron chi connectivity index (χ1n) is 10.5. The first kappa shape index (κ1) is 27.5. The van der Waals surface area contributed by atoms with Crippen LogP contribution < -0.4 is 23.7 Å². The summed E-state index contributed by atoms with van der Waals surface area (Å²) in [4.78, 5) is -0.626. The number of aromatic hydroxyl groups is 1. The van der Waals surface area contributed by atoms with Crippen molar-refractivity contribution in [2.24, 2.45) is 0 Å². The summed E-state index contributed by atoms with van der Waals surface area (Å²) in [5.74, 6) is 0.634. The number of anilines is 1. The summed E-state index contributed by atoms with van der Waals surface area (Å²) in [7, 11) is 1.19. The number of hydrogen-bond donors (Lipinski definition) is 2. The SMILES string of the molecule is COc1cc(C=Cc2cc(OC)c(OC)c(OC)c2)cc(NS(=O)(=O)c2cccc(C(F)(F)F)c2)c1O. The van der Waals surface area contributed by atoms with Crippen molar-refractivity contribution < 1.29 is 45.6 Å². The van der Waals surface area contributed by atoms with E-state index in [1.807, 2.05) is 0 Å². The second-order valence-electron chi connectivity index (χ2n) is 7.54. The van der Waals surface area contributed by atoms with Gasteiger partial charge in [0.25, 0.3) is 10.0 Å². The Morgan fingerprint density at radius 1 is 0.811 bits per heavy atom. The monoisotopic (exact) mass is 539 g/mol. The Kier molecular flexibility index (Phi) is 8.12. The van der Waals surface area contributed by atoms with Gasteiger partial charge in [0.2, 0.25) is 5.75 Å². The lowest BCUT2D eigenvalue weighted by Crippen LogP contribution is -2.15. The minimum atomic E-state index is -4.73. The molecule has 12 heteroatoms. The zero-order valence-corrected chi connectivity index (χ0v) is 21.0. The molecule has 0 fully saturated rings. The van der Waals surface area contributed by atoms with Gasteiger partial charge < -0.3 is 24.1 Å². The molecule has 0 spiro atoms. The van der Waals surface area contributed by atoms with Gasteiger partial charge in [-0.3, -0.25) is 4.72 Å². The normalized spacial score (nSPS) is 11.9. The van der Waals surface area contributed by atoms with E-state index in [2.05, 4.69) is 4.72 Å². The van der Waals surface area contributed by atoms with E-state index in [9.17, 15) is 26.7 Å². The second-order valence-corrected chi connectivity index (χ2v) is 9.22. The topological polar surface area (TPSA) is 103 Å². The van der Waals surface area contributed by atoms with Crippen LogP contribution in [0, 0.1) is 0 Å². The van der Waals surface area contributed by atoms with Gasteiger partial charge in [-0.1, -0.05) is 18.2 Å². The number of hydrogen-bond acceptors (Lipinski definition) is 7. The van der Waals surface area contributed by atoms with Gasteiger partial charge in [-0.05, 0) is 53.6 Å². The fraction of sp³-hybridized carbons (Fsp3) is 0.200. The van der Waals surface area contributed by atoms with Crippen molar-refractivity contribution in [3.8, 4) is 28.7 Å². The quantitative estimate of drug-likeness (QED) is 0.277. The first-order chi connectivity index (χ1) is 17.4. The van der Waals surface area contributed by atoms with Crippen molar-refractivity contribution in [2.45, 2.75) is 11.1 Å². The third kappa shape index (κ3) is 6.20. The molecular weight excluding hydrogens is 515 g/mol. The Morgan fingerprint density at radius 3 is 1.86 bits per heavy atom. The Labute approximate surface area is 211 Å². The Hall–Kier alpha value is -4.06. The molecule has 3 rings (SSSR count). The Bertz CT molecular complexity index is 1400. The summed E-state index contributed by atoms with van der Waals surface area (Å²) in [5.41, 5.74) is -0.363. The average molecular weight is 540 g/mol. The lowest BCUT2D eigenvalue weighted by molar-refractivity contribution is -0.137. The molecule has 2 N–H and O–H groups in total. The van der Waals surface area contributed by atoms with E-state index in [0.717, 1.165) is 18.2 Å². The summed E-state index contributed by atoms with van der Waals surface area (Å²) in [6, 6.07) is 9.39. The minimum Gasteiger partial charge on any atom is -0.503 e. The van der Waals surface area contributed by atoms with E-state index in [1.54, 1.807) is 24.3 Å². The number of benzene rings is 3. The largest absolute Gasteiger partial charge is 0.503 e. The Morgan fingerprint density at radius 2 is 1.35 bits per heavy atom. The van der Waals surface area contributed by atoms with Crippen molar-refractivity contribution >= 4 is 27.9 Å². The van der Waals surface area contributed by atoms with E-state index in [1.165, 1.54) is 40.6 Å². The van der Waals surface area contributed by atoms with Crippen LogP contribution >= 0.6 is 0 Å². The molecule has 0 saturated carbocycles. The molecule has 0 atom stereocenters. The maximum atomic E-state index is 13.1. The van der Waals surface area contributed by atoms with E-state index in [-0.39, 0.29) is 11.4 Å². The van der Waals surface area contributed by atoms with E-state index in [0.29, 0.717) is 34.4 Å². The highest BCUT2D eigenvalue weighted by atomic mass is 32.2. The third-order valence-corrected chi connectivity index (χ3v) is 6.55. The zero-order valence-electron chi connectivity index (χ0n) is 20.2. The number of phenols is 1. The molecule has 0 unspecified atom stereocenters. The summed E-state index contributed by atoms with van der Waals surface area (Å²) in [6.45, 7) is 0. The number of methoxy groups -OCH3 is 4. The molecule has 3 aromatic rings. The summed E-state index contributed by atoms with van der Waals surface area (Å²) in [6.07, 6.45) is -1.46. The van der Waals surface area contributed by atoms with Gasteiger partial charge in [0.05, 0.1) is 44.6 Å². The highest BCUT2D eigenvalue weighted by Crippen LogP contribution is 2.40. The second kappa shape index (κ2) is 10.9. The number of ether oxygens (including phenoxy) is 4. The molecule has 0 radical (unpaired) electrons. The number of rotatable bonds is 9. The van der Waals surface area contributed by atoms with Crippen molar-refractivity contribution in [3.63, 3.8) is 0 Å². The number of nitrogens with one attached hydrogen (secondary N) is 1. The van der Waals surface area contributed by atoms with Gasteiger partial charge in [0.1, 0.15) is 0 Å². The number of phenolic OH excluding ortho intramolecular Hbond substituents is 1. The smallest absolute Gasteiger partial charge is 0.416 e. The lowest BCUT2D eigenvalue weighted by Gasteiger charge is -2.14. The van der Waals surface area contributed by atoms with Crippen LogP contribution in [0.2, 0.25) is 0 Å². The van der Waals surface area contributed by atoms with E-state index in [4.69, 9.17) is 18.9 Å². The van der Waals surface area contributed by atoms with Crippen LogP contribution in [0.4, 0.5) is 18.9 Å². The van der Waals surface area contributed by atoms with Crippen LogP contribution in [0.25, 0.3) is 12.2 Å². The van der Waals surface area contributed by atoms with Gasteiger partial charge in [0.15, 0.2) is 23.0 Å². The molecule has 3 aromatic carbocycles. The molecule has 0 amide bonds. The third-order valence-electron chi connectivity index (χ3n) is 5.19. The predicted octanol–water partition coefficient (Wildman–Crippen LogP) is 5.42. The van der Waals surface area contributed by atoms with Crippen LogP contribution in [0.15, 0.2) is 53.4 Å². The number of sulfonamides is 1. The maximum Gasteiger partial charge on any atom is 0.416 e. The molecule has 0 aliphatic rings. The summed E-state index contributed by atoms with van der Waals surface area (Å²) in [5, 5.41) is 10.5. The summed E-state index contributed by atoms with van der Waals surface area (Å²) < 4.78 is 88.1. The van der Waals surface area contributed by atoms with Crippen molar-refractivity contribution in [3.05, 3.63) is 65.2 Å². The van der Waals surface area contributed by atoms with Crippen LogP contribution in [0.1, 0.15) is 16.7 Å². The molecule has 0 aromatic heterocycles. The van der Waals surface area contributed by atoms with Crippen molar-refractivity contribution in [2.75, 3.05) is 33.2 Å². The van der Waals surface area contributed by atoms with Crippen molar-refractivity contribution in [1.29, 1.82) is 0 Å². The van der Waals surface area contributed by atoms with Gasteiger partial charge in [-0.2, -0.15) is 13.2 Å². The first-order valence-corrected chi connectivity index (χ1v) is 12.0. The summed E-state index contributed by atoms with van der Waals surface area (Å²) >= 11 is 0. The number of halogens is 3. The van der Waals surface area contributed by atoms with Gasteiger partial charge >= 0.3 is 6.18 Å². The number of alkyl halides is 3. The molecule has 198 valence electrons. The van der Waals surface area contributed by atoms with Gasteiger partial charge in [-0.15, -0.1) is 0 Å². The molecule has 0 heterocycles. The minimum absolute atomic E-state index is 0.0613. The van der Waals surface area contributed by atoms with Gasteiger partial charge in [0, 0.05) is 0 Å². The van der Waals surface area contributed by atoms with E-state index < -0.39 is 32.4 Å². The maximum absolute atomic E-state index is 13.1. The predicted molar refractivity (Wildman–Crippen MR) is 132 cm³/mol. The van der Waals surface area contributed by atoms with Crippen LogP contribution in [-0.4, -0.2) is 42.0 Å². The molecule has 0 aliphatic carbocycles. The molecule has 8 nitrogen and oxygen atoms in total.